The van der Waals surface area contributed by atoms with Gasteiger partial charge in [0.2, 0.25) is 0 Å². The molecule has 0 aliphatic rings. The smallest absolute Gasteiger partial charge is 0.312 e. The van der Waals surface area contributed by atoms with Crippen molar-refractivity contribution >= 4 is 28.5 Å². The maximum absolute atomic E-state index is 11.7. The minimum atomic E-state index is -0.920. The van der Waals surface area contributed by atoms with E-state index >= 15 is 0 Å². The maximum Gasteiger partial charge on any atom is 0.312 e. The molecule has 1 atom stereocenters. The van der Waals surface area contributed by atoms with Gasteiger partial charge in [0.15, 0.2) is 0 Å². The van der Waals surface area contributed by atoms with Crippen molar-refractivity contribution in [3.05, 3.63) is 65.1 Å². The first-order valence-corrected chi connectivity index (χ1v) is 6.82. The van der Waals surface area contributed by atoms with Crippen LogP contribution in [0.5, 0.6) is 0 Å². The Bertz CT molecular complexity index is 797. The SMILES string of the molecule is O=C(O)C(Cc1cccc(Cl)c1)c1nccc2occc12. The van der Waals surface area contributed by atoms with Gasteiger partial charge >= 0.3 is 5.97 Å². The van der Waals surface area contributed by atoms with E-state index < -0.39 is 11.9 Å². The van der Waals surface area contributed by atoms with Crippen molar-refractivity contribution in [1.82, 2.24) is 4.98 Å². The van der Waals surface area contributed by atoms with Crippen molar-refractivity contribution < 1.29 is 14.3 Å². The number of fused-ring (bicyclic) bond motifs is 1. The second-order valence-electron chi connectivity index (χ2n) is 4.75. The lowest BCUT2D eigenvalue weighted by atomic mass is 9.94. The number of aliphatic carboxylic acids is 1. The summed E-state index contributed by atoms with van der Waals surface area (Å²) in [5, 5.41) is 10.9. The molecular weight excluding hydrogens is 290 g/mol. The second kappa shape index (κ2) is 5.58. The Morgan fingerprint density at radius 2 is 2.19 bits per heavy atom. The number of hydrogen-bond acceptors (Lipinski definition) is 3. The number of carboxylic acid groups (broad SMARTS) is 1. The summed E-state index contributed by atoms with van der Waals surface area (Å²) in [6.45, 7) is 0. The third-order valence-electron chi connectivity index (χ3n) is 3.37. The van der Waals surface area contributed by atoms with E-state index in [0.717, 1.165) is 10.9 Å². The molecule has 5 heteroatoms. The summed E-state index contributed by atoms with van der Waals surface area (Å²) in [5.74, 6) is -1.67. The van der Waals surface area contributed by atoms with E-state index in [-0.39, 0.29) is 0 Å². The largest absolute Gasteiger partial charge is 0.481 e. The fourth-order valence-electron chi connectivity index (χ4n) is 2.39. The van der Waals surface area contributed by atoms with Gasteiger partial charge in [-0.1, -0.05) is 23.7 Å². The normalized spacial score (nSPS) is 12.4. The average Bonchev–Trinajstić information content (AvgIpc) is 2.93. The third-order valence-corrected chi connectivity index (χ3v) is 3.60. The van der Waals surface area contributed by atoms with Crippen molar-refractivity contribution in [1.29, 1.82) is 0 Å². The molecule has 1 aromatic carbocycles. The number of aromatic nitrogens is 1. The lowest BCUT2D eigenvalue weighted by molar-refractivity contribution is -0.138. The number of hydrogen-bond donors (Lipinski definition) is 1. The van der Waals surface area contributed by atoms with Crippen LogP contribution in [0, 0.1) is 0 Å². The topological polar surface area (TPSA) is 63.3 Å². The molecule has 4 nitrogen and oxygen atoms in total. The van der Waals surface area contributed by atoms with Crippen LogP contribution in [-0.2, 0) is 11.2 Å². The number of carboxylic acids is 1. The Labute approximate surface area is 126 Å². The molecule has 2 heterocycles. The first-order chi connectivity index (χ1) is 10.1. The van der Waals surface area contributed by atoms with Gasteiger partial charge in [0, 0.05) is 16.6 Å². The summed E-state index contributed by atoms with van der Waals surface area (Å²) < 4.78 is 5.30. The number of furan rings is 1. The van der Waals surface area contributed by atoms with E-state index in [2.05, 4.69) is 4.98 Å². The first-order valence-electron chi connectivity index (χ1n) is 6.44. The Kier molecular flexibility index (Phi) is 3.62. The predicted molar refractivity (Wildman–Crippen MR) is 79.5 cm³/mol. The van der Waals surface area contributed by atoms with E-state index in [1.165, 1.54) is 6.26 Å². The van der Waals surface area contributed by atoms with Gasteiger partial charge in [-0.25, -0.2) is 0 Å². The zero-order chi connectivity index (χ0) is 14.8. The van der Waals surface area contributed by atoms with E-state index in [1.807, 2.05) is 12.1 Å². The molecule has 1 unspecified atom stereocenters. The lowest BCUT2D eigenvalue weighted by Gasteiger charge is -2.13. The molecule has 1 N–H and O–H groups in total. The molecule has 0 bridgehead atoms. The summed E-state index contributed by atoms with van der Waals surface area (Å²) >= 11 is 5.95. The Balaban J connectivity index is 2.02. The van der Waals surface area contributed by atoms with Crippen molar-refractivity contribution in [2.75, 3.05) is 0 Å². The summed E-state index contributed by atoms with van der Waals surface area (Å²) in [6, 6.07) is 10.7. The first kappa shape index (κ1) is 13.6. The monoisotopic (exact) mass is 301 g/mol. The molecule has 0 amide bonds. The van der Waals surface area contributed by atoms with Crippen LogP contribution in [-0.4, -0.2) is 16.1 Å². The predicted octanol–water partition coefficient (Wildman–Crippen LogP) is 3.89. The number of carbonyl (C=O) groups is 1. The van der Waals surface area contributed by atoms with Crippen molar-refractivity contribution in [2.45, 2.75) is 12.3 Å². The molecule has 0 saturated heterocycles. The zero-order valence-electron chi connectivity index (χ0n) is 11.0. The average molecular weight is 302 g/mol. The molecular formula is C16H12ClNO3. The van der Waals surface area contributed by atoms with Crippen LogP contribution in [0.3, 0.4) is 0 Å². The minimum Gasteiger partial charge on any atom is -0.481 e. The maximum atomic E-state index is 11.7. The number of halogens is 1. The van der Waals surface area contributed by atoms with Gasteiger partial charge in [0.1, 0.15) is 11.5 Å². The quantitative estimate of drug-likeness (QED) is 0.794. The van der Waals surface area contributed by atoms with Crippen LogP contribution in [0.1, 0.15) is 17.2 Å². The van der Waals surface area contributed by atoms with Gasteiger partial charge in [-0.05, 0) is 36.2 Å². The van der Waals surface area contributed by atoms with Crippen LogP contribution in [0.15, 0.2) is 53.3 Å². The molecule has 3 rings (SSSR count). The Morgan fingerprint density at radius 3 is 2.95 bits per heavy atom. The van der Waals surface area contributed by atoms with Crippen LogP contribution in [0.2, 0.25) is 5.02 Å². The second-order valence-corrected chi connectivity index (χ2v) is 5.19. The van der Waals surface area contributed by atoms with Crippen molar-refractivity contribution in [3.8, 4) is 0 Å². The van der Waals surface area contributed by atoms with Gasteiger partial charge in [0.25, 0.3) is 0 Å². The molecule has 0 aliphatic carbocycles. The lowest BCUT2D eigenvalue weighted by Crippen LogP contribution is -2.16. The number of benzene rings is 1. The number of nitrogens with zero attached hydrogens (tertiary/aromatic N) is 1. The molecule has 0 aliphatic heterocycles. The van der Waals surface area contributed by atoms with E-state index in [9.17, 15) is 9.90 Å². The molecule has 3 aromatic rings. The summed E-state index contributed by atoms with van der Waals surface area (Å²) in [6.07, 6.45) is 3.43. The zero-order valence-corrected chi connectivity index (χ0v) is 11.7. The molecule has 0 spiro atoms. The van der Waals surface area contributed by atoms with E-state index in [4.69, 9.17) is 16.0 Å². The van der Waals surface area contributed by atoms with Crippen LogP contribution >= 0.6 is 11.6 Å². The molecule has 0 saturated carbocycles. The molecule has 0 fully saturated rings. The van der Waals surface area contributed by atoms with Crippen molar-refractivity contribution in [3.63, 3.8) is 0 Å². The van der Waals surface area contributed by atoms with Gasteiger partial charge in [-0.3, -0.25) is 9.78 Å². The summed E-state index contributed by atoms with van der Waals surface area (Å²) in [5.41, 5.74) is 2.00. The fraction of sp³-hybridized carbons (Fsp3) is 0.125. The van der Waals surface area contributed by atoms with E-state index in [0.29, 0.717) is 22.7 Å². The molecule has 0 radical (unpaired) electrons. The highest BCUT2D eigenvalue weighted by molar-refractivity contribution is 6.30. The van der Waals surface area contributed by atoms with Crippen LogP contribution in [0.25, 0.3) is 11.0 Å². The standard InChI is InChI=1S/C16H12ClNO3/c17-11-3-1-2-10(8-11)9-13(16(19)20)15-12-5-7-21-14(12)4-6-18-15/h1-8,13H,9H2,(H,19,20). The minimum absolute atomic E-state index is 0.327. The highest BCUT2D eigenvalue weighted by Gasteiger charge is 2.24. The highest BCUT2D eigenvalue weighted by atomic mass is 35.5. The van der Waals surface area contributed by atoms with Crippen LogP contribution < -0.4 is 0 Å². The highest BCUT2D eigenvalue weighted by Crippen LogP contribution is 2.28. The molecule has 21 heavy (non-hydrogen) atoms. The molecule has 106 valence electrons. The van der Waals surface area contributed by atoms with Crippen molar-refractivity contribution in [2.24, 2.45) is 0 Å². The third kappa shape index (κ3) is 2.76. The van der Waals surface area contributed by atoms with Gasteiger partial charge in [-0.2, -0.15) is 0 Å². The molecule has 2 aromatic heterocycles. The van der Waals surface area contributed by atoms with Gasteiger partial charge < -0.3 is 9.52 Å². The fourth-order valence-corrected chi connectivity index (χ4v) is 2.61. The number of pyridine rings is 1. The van der Waals surface area contributed by atoms with Gasteiger partial charge in [0.05, 0.1) is 12.0 Å². The van der Waals surface area contributed by atoms with E-state index in [1.54, 1.807) is 30.5 Å². The number of rotatable bonds is 4. The van der Waals surface area contributed by atoms with Crippen LogP contribution in [0.4, 0.5) is 0 Å². The van der Waals surface area contributed by atoms with Gasteiger partial charge in [-0.15, -0.1) is 0 Å². The Hall–Kier alpha value is -2.33. The summed E-state index contributed by atoms with van der Waals surface area (Å²) in [7, 11) is 0. The summed E-state index contributed by atoms with van der Waals surface area (Å²) in [4.78, 5) is 15.9. The Morgan fingerprint density at radius 1 is 1.33 bits per heavy atom.